The molecule has 0 saturated heterocycles. The summed E-state index contributed by atoms with van der Waals surface area (Å²) in [5.41, 5.74) is 3.79. The summed E-state index contributed by atoms with van der Waals surface area (Å²) in [7, 11) is 3.32. The summed E-state index contributed by atoms with van der Waals surface area (Å²) in [4.78, 5) is 29.9. The number of hydrogen-bond acceptors (Lipinski definition) is 6. The van der Waals surface area contributed by atoms with Gasteiger partial charge in [0.25, 0.3) is 0 Å². The molecule has 4 heterocycles. The van der Waals surface area contributed by atoms with Crippen molar-refractivity contribution in [3.63, 3.8) is 0 Å². The second-order valence-electron chi connectivity index (χ2n) is 8.34. The van der Waals surface area contributed by atoms with Crippen LogP contribution in [-0.2, 0) is 16.6 Å². The molecule has 6 rings (SSSR count). The van der Waals surface area contributed by atoms with E-state index < -0.39 is 5.92 Å². The smallest absolute Gasteiger partial charge is 0.306 e. The number of rotatable bonds is 3. The van der Waals surface area contributed by atoms with Gasteiger partial charge in [-0.3, -0.25) is 9.59 Å². The topological polar surface area (TPSA) is 79.7 Å². The second-order valence-corrected chi connectivity index (χ2v) is 8.34. The molecule has 0 radical (unpaired) electrons. The summed E-state index contributed by atoms with van der Waals surface area (Å²) < 4.78 is 19.2. The molecule has 34 heavy (non-hydrogen) atoms. The predicted octanol–water partition coefficient (Wildman–Crippen LogP) is 4.99. The van der Waals surface area contributed by atoms with Crippen molar-refractivity contribution >= 4 is 28.7 Å². The lowest BCUT2D eigenvalue weighted by atomic mass is 9.85. The van der Waals surface area contributed by atoms with E-state index in [1.165, 1.54) is 7.11 Å². The molecule has 2 aromatic carbocycles. The average molecular weight is 452 g/mol. The number of nitrogens with zero attached hydrogens (tertiary/aromatic N) is 2. The van der Waals surface area contributed by atoms with Crippen molar-refractivity contribution in [3.8, 4) is 17.4 Å². The van der Waals surface area contributed by atoms with Gasteiger partial charge in [0.05, 0.1) is 19.1 Å². The number of Topliss-reactive ketones (excluding diaryl/α,β-unsaturated/α-hetero) is 1. The summed E-state index contributed by atoms with van der Waals surface area (Å²) in [6.45, 7) is 0. The van der Waals surface area contributed by atoms with E-state index in [1.54, 1.807) is 30.5 Å². The molecule has 2 aliphatic heterocycles. The molecule has 1 atom stereocenters. The van der Waals surface area contributed by atoms with E-state index in [-0.39, 0.29) is 23.9 Å². The molecule has 0 amide bonds. The SMILES string of the molecule is COC(=O)C[C@H]1c2cccnc2Oc2ccc3c(c21)O/C(=C\c1cn(C)c2ccccc12)C3=O. The number of para-hydroxylation sites is 1. The van der Waals surface area contributed by atoms with Crippen LogP contribution in [0, 0.1) is 0 Å². The second kappa shape index (κ2) is 7.59. The Labute approximate surface area is 195 Å². The third-order valence-corrected chi connectivity index (χ3v) is 6.38. The Bertz CT molecular complexity index is 1530. The van der Waals surface area contributed by atoms with Gasteiger partial charge in [-0.1, -0.05) is 24.3 Å². The van der Waals surface area contributed by atoms with Gasteiger partial charge in [0.2, 0.25) is 11.7 Å². The van der Waals surface area contributed by atoms with E-state index in [1.807, 2.05) is 48.1 Å². The number of carbonyl (C=O) groups excluding carboxylic acids is 2. The third kappa shape index (κ3) is 3.01. The molecule has 0 unspecified atom stereocenters. The Morgan fingerprint density at radius 1 is 1.15 bits per heavy atom. The van der Waals surface area contributed by atoms with Crippen LogP contribution in [0.15, 0.2) is 66.7 Å². The first kappa shape index (κ1) is 20.2. The molecule has 4 aromatic rings. The van der Waals surface area contributed by atoms with Crippen LogP contribution < -0.4 is 9.47 Å². The minimum absolute atomic E-state index is 0.0714. The van der Waals surface area contributed by atoms with Crippen LogP contribution in [0.1, 0.15) is 39.4 Å². The number of pyridine rings is 1. The largest absolute Gasteiger partial charge is 0.469 e. The molecule has 0 aliphatic carbocycles. The molecule has 0 saturated carbocycles. The Hall–Kier alpha value is -4.39. The normalized spacial score (nSPS) is 17.1. The van der Waals surface area contributed by atoms with Crippen molar-refractivity contribution in [1.82, 2.24) is 9.55 Å². The van der Waals surface area contributed by atoms with Gasteiger partial charge in [0.1, 0.15) is 11.5 Å². The molecule has 7 nitrogen and oxygen atoms in total. The number of aryl methyl sites for hydroxylation is 1. The monoisotopic (exact) mass is 452 g/mol. The van der Waals surface area contributed by atoms with Crippen molar-refractivity contribution < 1.29 is 23.8 Å². The quantitative estimate of drug-likeness (QED) is 0.322. The molecule has 0 fully saturated rings. The van der Waals surface area contributed by atoms with Crippen molar-refractivity contribution in [2.24, 2.45) is 7.05 Å². The number of esters is 1. The number of aromatic nitrogens is 2. The van der Waals surface area contributed by atoms with Gasteiger partial charge >= 0.3 is 5.97 Å². The van der Waals surface area contributed by atoms with Gasteiger partial charge in [-0.15, -0.1) is 0 Å². The highest BCUT2D eigenvalue weighted by molar-refractivity contribution is 6.15. The van der Waals surface area contributed by atoms with Crippen LogP contribution in [-0.4, -0.2) is 28.4 Å². The summed E-state index contributed by atoms with van der Waals surface area (Å²) >= 11 is 0. The number of hydrogen-bond donors (Lipinski definition) is 0. The van der Waals surface area contributed by atoms with Crippen LogP contribution in [0.4, 0.5) is 0 Å². The number of carbonyl (C=O) groups is 2. The van der Waals surface area contributed by atoms with Crippen LogP contribution in [0.2, 0.25) is 0 Å². The van der Waals surface area contributed by atoms with Gasteiger partial charge in [-0.25, -0.2) is 4.98 Å². The molecule has 0 spiro atoms. The molecule has 2 aromatic heterocycles. The maximum atomic E-state index is 13.3. The van der Waals surface area contributed by atoms with Crippen LogP contribution in [0.25, 0.3) is 17.0 Å². The van der Waals surface area contributed by atoms with Gasteiger partial charge < -0.3 is 18.8 Å². The fraction of sp³-hybridized carbons (Fsp3) is 0.148. The van der Waals surface area contributed by atoms with Crippen molar-refractivity contribution in [3.05, 3.63) is 88.9 Å². The highest BCUT2D eigenvalue weighted by atomic mass is 16.5. The standard InChI is InChI=1S/C27H20N2O5/c1-29-14-15(16-6-3-4-8-20(16)29)12-22-25(31)18-9-10-21-24(26(18)33-22)19(13-23(30)32-2)17-7-5-11-28-27(17)34-21/h3-12,14,19H,13H2,1-2H3/b22-12-/t19-/m0/s1. The lowest BCUT2D eigenvalue weighted by Gasteiger charge is -2.27. The number of fused-ring (bicyclic) bond motifs is 5. The summed E-state index contributed by atoms with van der Waals surface area (Å²) in [5, 5.41) is 1.03. The zero-order chi connectivity index (χ0) is 23.4. The van der Waals surface area contributed by atoms with Crippen LogP contribution >= 0.6 is 0 Å². The highest BCUT2D eigenvalue weighted by Gasteiger charge is 2.39. The summed E-state index contributed by atoms with van der Waals surface area (Å²) in [6, 6.07) is 15.1. The summed E-state index contributed by atoms with van der Waals surface area (Å²) in [6.07, 6.45) is 5.45. The first-order chi connectivity index (χ1) is 16.5. The molecular weight excluding hydrogens is 432 g/mol. The fourth-order valence-electron chi connectivity index (χ4n) is 4.78. The van der Waals surface area contributed by atoms with E-state index in [4.69, 9.17) is 14.2 Å². The Balaban J connectivity index is 1.47. The molecule has 168 valence electrons. The van der Waals surface area contributed by atoms with Crippen molar-refractivity contribution in [2.75, 3.05) is 7.11 Å². The highest BCUT2D eigenvalue weighted by Crippen LogP contribution is 2.52. The van der Waals surface area contributed by atoms with Gasteiger partial charge in [-0.05, 0) is 30.3 Å². The number of ketones is 1. The minimum Gasteiger partial charge on any atom is -0.469 e. The molecule has 0 bridgehead atoms. The number of benzene rings is 2. The average Bonchev–Trinajstić information content (AvgIpc) is 3.35. The maximum absolute atomic E-state index is 13.3. The van der Waals surface area contributed by atoms with Gasteiger partial charge in [0, 0.05) is 53.0 Å². The maximum Gasteiger partial charge on any atom is 0.306 e. The molecular formula is C27H20N2O5. The van der Waals surface area contributed by atoms with Crippen molar-refractivity contribution in [2.45, 2.75) is 12.3 Å². The molecule has 2 aliphatic rings. The van der Waals surface area contributed by atoms with Gasteiger partial charge in [-0.2, -0.15) is 0 Å². The Morgan fingerprint density at radius 2 is 2.00 bits per heavy atom. The van der Waals surface area contributed by atoms with Crippen LogP contribution in [0.3, 0.4) is 0 Å². The van der Waals surface area contributed by atoms with E-state index in [2.05, 4.69) is 4.98 Å². The zero-order valence-electron chi connectivity index (χ0n) is 18.6. The minimum atomic E-state index is -0.417. The molecule has 7 heteroatoms. The van der Waals surface area contributed by atoms with E-state index in [0.717, 1.165) is 22.0 Å². The first-order valence-electron chi connectivity index (χ1n) is 10.9. The summed E-state index contributed by atoms with van der Waals surface area (Å²) in [5.74, 6) is 0.587. The van der Waals surface area contributed by atoms with Crippen LogP contribution in [0.5, 0.6) is 17.4 Å². The number of methoxy groups -OCH3 is 1. The molecule has 0 N–H and O–H groups in total. The van der Waals surface area contributed by atoms with Crippen molar-refractivity contribution in [1.29, 1.82) is 0 Å². The number of allylic oxidation sites excluding steroid dienone is 1. The fourth-order valence-corrected chi connectivity index (χ4v) is 4.78. The lowest BCUT2D eigenvalue weighted by molar-refractivity contribution is -0.140. The zero-order valence-corrected chi connectivity index (χ0v) is 18.6. The predicted molar refractivity (Wildman–Crippen MR) is 125 cm³/mol. The number of ether oxygens (including phenoxy) is 3. The first-order valence-corrected chi connectivity index (χ1v) is 10.9. The van der Waals surface area contributed by atoms with E-state index in [0.29, 0.717) is 28.5 Å². The Morgan fingerprint density at radius 3 is 2.85 bits per heavy atom. The van der Waals surface area contributed by atoms with E-state index in [9.17, 15) is 9.59 Å². The van der Waals surface area contributed by atoms with E-state index >= 15 is 0 Å². The lowest BCUT2D eigenvalue weighted by Crippen LogP contribution is -2.16. The third-order valence-electron chi connectivity index (χ3n) is 6.38. The van der Waals surface area contributed by atoms with Gasteiger partial charge in [0.15, 0.2) is 5.76 Å². The Kier molecular flexibility index (Phi) is 4.52.